The fourth-order valence-corrected chi connectivity index (χ4v) is 4.21. The Morgan fingerprint density at radius 2 is 0.947 bits per heavy atom. The van der Waals surface area contributed by atoms with Gasteiger partial charge in [-0.15, -0.1) is 0 Å². The van der Waals surface area contributed by atoms with Gasteiger partial charge < -0.3 is 4.74 Å². The smallest absolute Gasteiger partial charge is 0.305 e. The van der Waals surface area contributed by atoms with E-state index in [0.717, 1.165) is 32.1 Å². The van der Waals surface area contributed by atoms with E-state index in [0.29, 0.717) is 13.0 Å². The highest BCUT2D eigenvalue weighted by Crippen LogP contribution is 2.10. The summed E-state index contributed by atoms with van der Waals surface area (Å²) in [6, 6.07) is 0. The predicted molar refractivity (Wildman–Crippen MR) is 170 cm³/mol. The van der Waals surface area contributed by atoms with E-state index in [1.807, 2.05) is 0 Å². The number of allylic oxidation sites excluding steroid dienone is 10. The zero-order valence-electron chi connectivity index (χ0n) is 25.4. The van der Waals surface area contributed by atoms with E-state index in [2.05, 4.69) is 74.6 Å². The minimum Gasteiger partial charge on any atom is -0.466 e. The lowest BCUT2D eigenvalue weighted by molar-refractivity contribution is -0.143. The van der Waals surface area contributed by atoms with Crippen LogP contribution >= 0.6 is 0 Å². The Morgan fingerprint density at radius 1 is 0.474 bits per heavy atom. The van der Waals surface area contributed by atoms with Crippen molar-refractivity contribution >= 4 is 5.97 Å². The van der Waals surface area contributed by atoms with E-state index < -0.39 is 0 Å². The molecule has 2 heteroatoms. The number of carbonyl (C=O) groups is 1. The van der Waals surface area contributed by atoms with E-state index in [1.165, 1.54) is 103 Å². The average Bonchev–Trinajstić information content (AvgIpc) is 2.92. The second-order valence-corrected chi connectivity index (χ2v) is 10.5. The quantitative estimate of drug-likeness (QED) is 0.0438. The molecule has 0 rings (SSSR count). The van der Waals surface area contributed by atoms with Crippen molar-refractivity contribution in [1.82, 2.24) is 0 Å². The third kappa shape index (κ3) is 32.2. The molecule has 2 nitrogen and oxygen atoms in total. The predicted octanol–water partition coefficient (Wildman–Crippen LogP) is 11.9. The Hall–Kier alpha value is -1.83. The summed E-state index contributed by atoms with van der Waals surface area (Å²) in [5.74, 6) is -0.00828. The molecule has 0 aromatic rings. The highest BCUT2D eigenvalue weighted by molar-refractivity contribution is 5.69. The van der Waals surface area contributed by atoms with E-state index in [4.69, 9.17) is 4.74 Å². The van der Waals surface area contributed by atoms with Gasteiger partial charge in [0.2, 0.25) is 0 Å². The average molecular weight is 527 g/mol. The Balaban J connectivity index is 3.33. The topological polar surface area (TPSA) is 26.3 Å². The lowest BCUT2D eigenvalue weighted by atomic mass is 10.1. The molecule has 0 amide bonds. The van der Waals surface area contributed by atoms with Crippen molar-refractivity contribution in [2.75, 3.05) is 6.61 Å². The van der Waals surface area contributed by atoms with Gasteiger partial charge in [0, 0.05) is 6.42 Å². The van der Waals surface area contributed by atoms with Gasteiger partial charge in [0.25, 0.3) is 0 Å². The Morgan fingerprint density at radius 3 is 1.55 bits per heavy atom. The molecule has 0 saturated heterocycles. The largest absolute Gasteiger partial charge is 0.466 e. The maximum Gasteiger partial charge on any atom is 0.305 e. The first-order valence-corrected chi connectivity index (χ1v) is 16.2. The maximum atomic E-state index is 11.9. The molecule has 0 fully saturated rings. The number of unbranched alkanes of at least 4 members (excludes halogenated alkanes) is 16. The van der Waals surface area contributed by atoms with Crippen LogP contribution in [-0.4, -0.2) is 12.6 Å². The van der Waals surface area contributed by atoms with Gasteiger partial charge in [-0.25, -0.2) is 0 Å². The van der Waals surface area contributed by atoms with Crippen LogP contribution in [0.1, 0.15) is 155 Å². The zero-order valence-corrected chi connectivity index (χ0v) is 25.4. The van der Waals surface area contributed by atoms with Crippen LogP contribution in [0.15, 0.2) is 60.8 Å². The van der Waals surface area contributed by atoms with Crippen LogP contribution in [0.25, 0.3) is 0 Å². The first kappa shape index (κ1) is 36.2. The van der Waals surface area contributed by atoms with Crippen molar-refractivity contribution in [2.24, 2.45) is 0 Å². The molecule has 0 aliphatic heterocycles. The van der Waals surface area contributed by atoms with Crippen molar-refractivity contribution in [3.63, 3.8) is 0 Å². The van der Waals surface area contributed by atoms with Gasteiger partial charge in [-0.2, -0.15) is 0 Å². The summed E-state index contributed by atoms with van der Waals surface area (Å²) in [4.78, 5) is 11.9. The van der Waals surface area contributed by atoms with Crippen molar-refractivity contribution in [3.05, 3.63) is 60.8 Å². The Labute approximate surface area is 237 Å². The number of carbonyl (C=O) groups excluding carboxylic acids is 1. The summed E-state index contributed by atoms with van der Waals surface area (Å²) in [5.41, 5.74) is 0. The molecular formula is C36H62O2. The number of esters is 1. The molecule has 0 aromatic carbocycles. The highest BCUT2D eigenvalue weighted by atomic mass is 16.5. The van der Waals surface area contributed by atoms with Gasteiger partial charge in [-0.1, -0.05) is 145 Å². The van der Waals surface area contributed by atoms with Crippen LogP contribution < -0.4 is 0 Å². The monoisotopic (exact) mass is 526 g/mol. The van der Waals surface area contributed by atoms with Gasteiger partial charge in [-0.3, -0.25) is 4.79 Å². The summed E-state index contributed by atoms with van der Waals surface area (Å²) in [7, 11) is 0. The normalized spacial score (nSPS) is 12.4. The molecule has 0 saturated carbocycles. The van der Waals surface area contributed by atoms with Crippen molar-refractivity contribution in [2.45, 2.75) is 155 Å². The third-order valence-corrected chi connectivity index (χ3v) is 6.69. The fourth-order valence-electron chi connectivity index (χ4n) is 4.21. The van der Waals surface area contributed by atoms with Crippen LogP contribution in [0, 0.1) is 0 Å². The van der Waals surface area contributed by atoms with Gasteiger partial charge in [0.1, 0.15) is 0 Å². The van der Waals surface area contributed by atoms with E-state index >= 15 is 0 Å². The van der Waals surface area contributed by atoms with Gasteiger partial charge in [-0.05, 0) is 64.2 Å². The fraction of sp³-hybridized carbons (Fsp3) is 0.694. The summed E-state index contributed by atoms with van der Waals surface area (Å²) in [6.07, 6.45) is 48.3. The highest BCUT2D eigenvalue weighted by Gasteiger charge is 2.02. The first-order chi connectivity index (χ1) is 18.8. The number of rotatable bonds is 28. The van der Waals surface area contributed by atoms with Crippen molar-refractivity contribution in [3.8, 4) is 0 Å². The molecule has 0 aliphatic rings. The minimum absolute atomic E-state index is 0.00828. The SMILES string of the molecule is CCCCC=CC=CC=CCCCCCCCC(=O)OCCCCCCCC/C=C/C/C=C\CCCCC. The lowest BCUT2D eigenvalue weighted by Crippen LogP contribution is -2.05. The molecule has 218 valence electrons. The third-order valence-electron chi connectivity index (χ3n) is 6.69. The standard InChI is InChI=1S/C36H62O2/c1-3-5-7-9-11-13-15-17-19-21-23-25-27-29-31-33-35-38-36(37)34-32-30-28-26-24-22-20-18-16-14-12-10-8-6-4-2/h10-14,16-20H,3-9,15,21-35H2,1-2H3/b12-10?,13-11-,16-14?,19-17+,20-18?. The van der Waals surface area contributed by atoms with E-state index in [9.17, 15) is 4.79 Å². The number of hydrogen-bond acceptors (Lipinski definition) is 2. The molecular weight excluding hydrogens is 464 g/mol. The molecule has 0 atom stereocenters. The van der Waals surface area contributed by atoms with E-state index in [-0.39, 0.29) is 5.97 Å². The molecule has 0 aromatic heterocycles. The van der Waals surface area contributed by atoms with E-state index in [1.54, 1.807) is 0 Å². The Bertz CT molecular complexity index is 623. The summed E-state index contributed by atoms with van der Waals surface area (Å²) in [6.45, 7) is 5.08. The second kappa shape index (κ2) is 33.2. The van der Waals surface area contributed by atoms with Crippen LogP contribution in [-0.2, 0) is 9.53 Å². The van der Waals surface area contributed by atoms with Crippen molar-refractivity contribution < 1.29 is 9.53 Å². The molecule has 0 N–H and O–H groups in total. The van der Waals surface area contributed by atoms with Crippen LogP contribution in [0.4, 0.5) is 0 Å². The first-order valence-electron chi connectivity index (χ1n) is 16.2. The van der Waals surface area contributed by atoms with Crippen LogP contribution in [0.3, 0.4) is 0 Å². The summed E-state index contributed by atoms with van der Waals surface area (Å²) >= 11 is 0. The van der Waals surface area contributed by atoms with Gasteiger partial charge in [0.05, 0.1) is 6.61 Å². The summed E-state index contributed by atoms with van der Waals surface area (Å²) in [5, 5.41) is 0. The van der Waals surface area contributed by atoms with Crippen LogP contribution in [0.5, 0.6) is 0 Å². The lowest BCUT2D eigenvalue weighted by Gasteiger charge is -2.05. The summed E-state index contributed by atoms with van der Waals surface area (Å²) < 4.78 is 5.41. The van der Waals surface area contributed by atoms with Crippen LogP contribution in [0.2, 0.25) is 0 Å². The molecule has 38 heavy (non-hydrogen) atoms. The van der Waals surface area contributed by atoms with Crippen molar-refractivity contribution in [1.29, 1.82) is 0 Å². The van der Waals surface area contributed by atoms with Gasteiger partial charge in [0.15, 0.2) is 0 Å². The number of hydrogen-bond donors (Lipinski definition) is 0. The Kier molecular flexibility index (Phi) is 31.6. The van der Waals surface area contributed by atoms with Gasteiger partial charge >= 0.3 is 5.97 Å². The zero-order chi connectivity index (χ0) is 27.6. The number of ether oxygens (including phenoxy) is 1. The molecule has 0 radical (unpaired) electrons. The molecule has 0 bridgehead atoms. The molecule has 0 heterocycles. The second-order valence-electron chi connectivity index (χ2n) is 10.5. The maximum absolute atomic E-state index is 11.9. The molecule has 0 unspecified atom stereocenters. The molecule has 0 spiro atoms. The minimum atomic E-state index is -0.00828. The molecule has 0 aliphatic carbocycles.